The summed E-state index contributed by atoms with van der Waals surface area (Å²) >= 11 is 0. The minimum atomic E-state index is -0.702. The van der Waals surface area contributed by atoms with E-state index in [1.165, 1.54) is 0 Å². The first-order chi connectivity index (χ1) is 6.07. The Bertz CT molecular complexity index is 186. The Morgan fingerprint density at radius 3 is 2.69 bits per heavy atom. The van der Waals surface area contributed by atoms with Gasteiger partial charge in [-0.15, -0.1) is 0 Å². The van der Waals surface area contributed by atoms with E-state index in [2.05, 4.69) is 5.32 Å². The summed E-state index contributed by atoms with van der Waals surface area (Å²) in [6.07, 6.45) is 2.42. The van der Waals surface area contributed by atoms with Crippen LogP contribution in [0.3, 0.4) is 0 Å². The normalized spacial score (nSPS) is 28.2. The molecule has 0 bridgehead atoms. The van der Waals surface area contributed by atoms with Crippen molar-refractivity contribution in [3.05, 3.63) is 0 Å². The van der Waals surface area contributed by atoms with E-state index in [-0.39, 0.29) is 0 Å². The van der Waals surface area contributed by atoms with Gasteiger partial charge in [0.1, 0.15) is 5.54 Å². The van der Waals surface area contributed by atoms with E-state index in [9.17, 15) is 4.79 Å². The molecule has 0 saturated carbocycles. The molecular formula is C9H18N2O2. The minimum Gasteiger partial charge on any atom is -0.480 e. The maximum atomic E-state index is 11.1. The Morgan fingerprint density at radius 2 is 2.31 bits per heavy atom. The standard InChI is InChI=1S/C9H18N2O2/c1-11(2)7-5-9(8(12)13)4-3-6-10-9/h10H,3-7H2,1-2H3,(H,12,13). The van der Waals surface area contributed by atoms with Gasteiger partial charge in [-0.1, -0.05) is 0 Å². The lowest BCUT2D eigenvalue weighted by atomic mass is 9.93. The maximum Gasteiger partial charge on any atom is 0.323 e. The Morgan fingerprint density at radius 1 is 1.62 bits per heavy atom. The third-order valence-electron chi connectivity index (χ3n) is 2.64. The molecule has 0 aromatic carbocycles. The Labute approximate surface area is 78.9 Å². The van der Waals surface area contributed by atoms with Crippen LogP contribution in [-0.4, -0.2) is 48.7 Å². The van der Waals surface area contributed by atoms with Crippen LogP contribution in [0.5, 0.6) is 0 Å². The molecule has 1 unspecified atom stereocenters. The molecule has 0 aliphatic carbocycles. The van der Waals surface area contributed by atoms with Crippen LogP contribution in [0, 0.1) is 0 Å². The highest BCUT2D eigenvalue weighted by Gasteiger charge is 2.40. The van der Waals surface area contributed by atoms with Crippen molar-refractivity contribution in [3.63, 3.8) is 0 Å². The molecule has 1 fully saturated rings. The quantitative estimate of drug-likeness (QED) is 0.656. The van der Waals surface area contributed by atoms with Crippen LogP contribution in [-0.2, 0) is 4.79 Å². The fraction of sp³-hybridized carbons (Fsp3) is 0.889. The van der Waals surface area contributed by atoms with Crippen LogP contribution < -0.4 is 5.32 Å². The third kappa shape index (κ3) is 2.42. The van der Waals surface area contributed by atoms with E-state index < -0.39 is 11.5 Å². The summed E-state index contributed by atoms with van der Waals surface area (Å²) in [6, 6.07) is 0. The van der Waals surface area contributed by atoms with Crippen molar-refractivity contribution in [1.29, 1.82) is 0 Å². The molecule has 1 aliphatic heterocycles. The molecule has 1 saturated heterocycles. The summed E-state index contributed by atoms with van der Waals surface area (Å²) in [5, 5.41) is 12.2. The average molecular weight is 186 g/mol. The molecule has 76 valence electrons. The van der Waals surface area contributed by atoms with Crippen LogP contribution in [0.2, 0.25) is 0 Å². The van der Waals surface area contributed by atoms with E-state index >= 15 is 0 Å². The molecule has 0 amide bonds. The number of carboxylic acids is 1. The molecule has 1 rings (SSSR count). The molecule has 0 radical (unpaired) electrons. The first-order valence-electron chi connectivity index (χ1n) is 4.70. The summed E-state index contributed by atoms with van der Waals surface area (Å²) < 4.78 is 0. The molecule has 1 atom stereocenters. The van der Waals surface area contributed by atoms with Crippen LogP contribution in [0.15, 0.2) is 0 Å². The van der Waals surface area contributed by atoms with Gasteiger partial charge < -0.3 is 15.3 Å². The van der Waals surface area contributed by atoms with Crippen molar-refractivity contribution in [3.8, 4) is 0 Å². The van der Waals surface area contributed by atoms with Crippen LogP contribution in [0.4, 0.5) is 0 Å². The second-order valence-electron chi connectivity index (χ2n) is 3.97. The maximum absolute atomic E-state index is 11.1. The van der Waals surface area contributed by atoms with E-state index in [0.717, 1.165) is 25.9 Å². The highest BCUT2D eigenvalue weighted by Crippen LogP contribution is 2.23. The van der Waals surface area contributed by atoms with Crippen molar-refractivity contribution in [2.45, 2.75) is 24.8 Å². The molecular weight excluding hydrogens is 168 g/mol. The van der Waals surface area contributed by atoms with Crippen molar-refractivity contribution in [2.24, 2.45) is 0 Å². The monoisotopic (exact) mass is 186 g/mol. The lowest BCUT2D eigenvalue weighted by molar-refractivity contribution is -0.144. The number of carbonyl (C=O) groups is 1. The smallest absolute Gasteiger partial charge is 0.323 e. The molecule has 4 nitrogen and oxygen atoms in total. The SMILES string of the molecule is CN(C)CCC1(C(=O)O)CCCN1. The zero-order valence-corrected chi connectivity index (χ0v) is 8.34. The first kappa shape index (κ1) is 10.5. The fourth-order valence-corrected chi connectivity index (χ4v) is 1.72. The average Bonchev–Trinajstić information content (AvgIpc) is 2.50. The zero-order valence-electron chi connectivity index (χ0n) is 8.34. The Hall–Kier alpha value is -0.610. The van der Waals surface area contributed by atoms with Gasteiger partial charge in [0.05, 0.1) is 0 Å². The van der Waals surface area contributed by atoms with Crippen LogP contribution >= 0.6 is 0 Å². The Balaban J connectivity index is 2.52. The first-order valence-corrected chi connectivity index (χ1v) is 4.70. The number of hydrogen-bond donors (Lipinski definition) is 2. The summed E-state index contributed by atoms with van der Waals surface area (Å²) in [5.74, 6) is -0.702. The highest BCUT2D eigenvalue weighted by atomic mass is 16.4. The van der Waals surface area contributed by atoms with Gasteiger partial charge in [-0.25, -0.2) is 0 Å². The second kappa shape index (κ2) is 4.07. The van der Waals surface area contributed by atoms with E-state index in [4.69, 9.17) is 5.11 Å². The van der Waals surface area contributed by atoms with Gasteiger partial charge in [-0.3, -0.25) is 4.79 Å². The van der Waals surface area contributed by atoms with Crippen molar-refractivity contribution >= 4 is 5.97 Å². The van der Waals surface area contributed by atoms with Gasteiger partial charge >= 0.3 is 5.97 Å². The van der Waals surface area contributed by atoms with E-state index in [0.29, 0.717) is 6.42 Å². The van der Waals surface area contributed by atoms with E-state index in [1.807, 2.05) is 19.0 Å². The highest BCUT2D eigenvalue weighted by molar-refractivity contribution is 5.79. The van der Waals surface area contributed by atoms with Crippen LogP contribution in [0.25, 0.3) is 0 Å². The van der Waals surface area contributed by atoms with Crippen molar-refractivity contribution in [1.82, 2.24) is 10.2 Å². The van der Waals surface area contributed by atoms with Crippen molar-refractivity contribution in [2.75, 3.05) is 27.2 Å². The predicted molar refractivity (Wildman–Crippen MR) is 50.8 cm³/mol. The third-order valence-corrected chi connectivity index (χ3v) is 2.64. The van der Waals surface area contributed by atoms with Gasteiger partial charge in [0.15, 0.2) is 0 Å². The summed E-state index contributed by atoms with van der Waals surface area (Å²) in [7, 11) is 3.93. The van der Waals surface area contributed by atoms with Crippen LogP contribution in [0.1, 0.15) is 19.3 Å². The van der Waals surface area contributed by atoms with Gasteiger partial charge in [0.2, 0.25) is 0 Å². The molecule has 0 aromatic heterocycles. The number of nitrogens with one attached hydrogen (secondary N) is 1. The summed E-state index contributed by atoms with van der Waals surface area (Å²) in [4.78, 5) is 13.1. The van der Waals surface area contributed by atoms with Gasteiger partial charge in [0.25, 0.3) is 0 Å². The lowest BCUT2D eigenvalue weighted by Crippen LogP contribution is -2.49. The topological polar surface area (TPSA) is 52.6 Å². The number of carboxylic acid groups (broad SMARTS) is 1. The number of aliphatic carboxylic acids is 1. The largest absolute Gasteiger partial charge is 0.480 e. The molecule has 13 heavy (non-hydrogen) atoms. The van der Waals surface area contributed by atoms with Gasteiger partial charge in [-0.05, 0) is 46.4 Å². The molecule has 4 heteroatoms. The molecule has 0 aromatic rings. The number of rotatable bonds is 4. The molecule has 2 N–H and O–H groups in total. The van der Waals surface area contributed by atoms with E-state index in [1.54, 1.807) is 0 Å². The predicted octanol–water partition coefficient (Wildman–Crippen LogP) is 0.145. The number of hydrogen-bond acceptors (Lipinski definition) is 3. The molecule has 1 heterocycles. The summed E-state index contributed by atoms with van der Waals surface area (Å²) in [6.45, 7) is 1.65. The molecule has 0 spiro atoms. The van der Waals surface area contributed by atoms with Gasteiger partial charge in [-0.2, -0.15) is 0 Å². The fourth-order valence-electron chi connectivity index (χ4n) is 1.72. The zero-order chi connectivity index (χ0) is 9.90. The lowest BCUT2D eigenvalue weighted by Gasteiger charge is -2.25. The van der Waals surface area contributed by atoms with Gasteiger partial charge in [0, 0.05) is 0 Å². The summed E-state index contributed by atoms with van der Waals surface area (Å²) in [5.41, 5.74) is -0.649. The number of nitrogens with zero attached hydrogens (tertiary/aromatic N) is 1. The molecule has 1 aliphatic rings. The Kier molecular flexibility index (Phi) is 3.27. The minimum absolute atomic E-state index is 0.649. The second-order valence-corrected chi connectivity index (χ2v) is 3.97. The van der Waals surface area contributed by atoms with Crippen molar-refractivity contribution < 1.29 is 9.90 Å².